The summed E-state index contributed by atoms with van der Waals surface area (Å²) in [5.74, 6) is 0. The van der Waals surface area contributed by atoms with Crippen molar-refractivity contribution in [3.63, 3.8) is 0 Å². The highest BCUT2D eigenvalue weighted by Crippen LogP contribution is 2.41. The lowest BCUT2D eigenvalue weighted by Crippen LogP contribution is -2.44. The maximum absolute atomic E-state index is 9.53. The second-order valence-corrected chi connectivity index (χ2v) is 5.90. The van der Waals surface area contributed by atoms with Crippen molar-refractivity contribution >= 4 is 12.6 Å². The summed E-state index contributed by atoms with van der Waals surface area (Å²) in [6.45, 7) is 9.36. The number of ether oxygens (including phenoxy) is 1. The third-order valence-electron chi connectivity index (χ3n) is 3.10. The molecule has 0 spiro atoms. The molecule has 0 aliphatic heterocycles. The highest BCUT2D eigenvalue weighted by atomic mass is 32.1. The van der Waals surface area contributed by atoms with Crippen molar-refractivity contribution in [2.24, 2.45) is 10.8 Å². The van der Waals surface area contributed by atoms with E-state index in [1.165, 1.54) is 0 Å². The molecule has 0 bridgehead atoms. The zero-order valence-corrected chi connectivity index (χ0v) is 11.6. The Bertz CT molecular complexity index is 182. The van der Waals surface area contributed by atoms with Crippen molar-refractivity contribution in [1.29, 1.82) is 0 Å². The highest BCUT2D eigenvalue weighted by molar-refractivity contribution is 7.81. The summed E-state index contributed by atoms with van der Waals surface area (Å²) in [5, 5.41) is 9.66. The fraction of sp³-hybridized carbons (Fsp3) is 1.00. The molecule has 2 unspecified atom stereocenters. The van der Waals surface area contributed by atoms with Crippen molar-refractivity contribution in [2.75, 3.05) is 20.3 Å². The van der Waals surface area contributed by atoms with E-state index in [0.29, 0.717) is 6.61 Å². The number of rotatable bonds is 7. The Morgan fingerprint density at radius 3 is 2.20 bits per heavy atom. The molecule has 0 aromatic carbocycles. The molecule has 0 aliphatic carbocycles. The molecule has 0 saturated heterocycles. The molecular weight excluding hydrogens is 208 g/mol. The Balaban J connectivity index is 4.69. The van der Waals surface area contributed by atoms with Crippen LogP contribution >= 0.6 is 12.6 Å². The van der Waals surface area contributed by atoms with E-state index in [1.54, 1.807) is 7.11 Å². The summed E-state index contributed by atoms with van der Waals surface area (Å²) in [6.07, 6.45) is 2.06. The van der Waals surface area contributed by atoms with Gasteiger partial charge in [-0.2, -0.15) is 12.6 Å². The second kappa shape index (κ2) is 6.12. The van der Waals surface area contributed by atoms with E-state index >= 15 is 0 Å². The van der Waals surface area contributed by atoms with Crippen molar-refractivity contribution in [3.8, 4) is 0 Å². The lowest BCUT2D eigenvalue weighted by atomic mass is 9.71. The van der Waals surface area contributed by atoms with Crippen LogP contribution in [-0.2, 0) is 4.74 Å². The first-order valence-electron chi connectivity index (χ1n) is 5.62. The molecular formula is C12H26O2S. The molecule has 0 heterocycles. The Kier molecular flexibility index (Phi) is 6.23. The fourth-order valence-corrected chi connectivity index (χ4v) is 2.55. The topological polar surface area (TPSA) is 29.5 Å². The Morgan fingerprint density at radius 1 is 1.33 bits per heavy atom. The summed E-state index contributed by atoms with van der Waals surface area (Å²) >= 11 is 4.70. The first-order valence-corrected chi connectivity index (χ1v) is 6.13. The van der Waals surface area contributed by atoms with Crippen molar-refractivity contribution in [3.05, 3.63) is 0 Å². The third kappa shape index (κ3) is 3.97. The molecule has 0 radical (unpaired) electrons. The Morgan fingerprint density at radius 2 is 1.87 bits per heavy atom. The minimum Gasteiger partial charge on any atom is -0.396 e. The maximum atomic E-state index is 9.53. The number of aliphatic hydroxyl groups excluding tert-OH is 1. The van der Waals surface area contributed by atoms with Crippen molar-refractivity contribution < 1.29 is 9.84 Å². The first kappa shape index (κ1) is 15.3. The van der Waals surface area contributed by atoms with Crippen LogP contribution in [0.4, 0.5) is 0 Å². The van der Waals surface area contributed by atoms with Gasteiger partial charge in [-0.25, -0.2) is 0 Å². The van der Waals surface area contributed by atoms with Gasteiger partial charge in [0.2, 0.25) is 0 Å². The summed E-state index contributed by atoms with van der Waals surface area (Å²) in [5.41, 5.74) is -0.148. The van der Waals surface area contributed by atoms with Gasteiger partial charge < -0.3 is 9.84 Å². The van der Waals surface area contributed by atoms with Crippen LogP contribution < -0.4 is 0 Å². The van der Waals surface area contributed by atoms with E-state index in [0.717, 1.165) is 12.8 Å². The van der Waals surface area contributed by atoms with Gasteiger partial charge in [0, 0.05) is 29.8 Å². The van der Waals surface area contributed by atoms with E-state index in [9.17, 15) is 5.11 Å². The fourth-order valence-electron chi connectivity index (χ4n) is 2.27. The average molecular weight is 234 g/mol. The minimum atomic E-state index is -0.125. The lowest BCUT2D eigenvalue weighted by Gasteiger charge is -2.42. The van der Waals surface area contributed by atoms with E-state index in [1.807, 2.05) is 0 Å². The standard InChI is InChI=1S/C12H26O2S/c1-6-7-12(4,8-13)10(15)11(2,3)9-14-5/h10,13,15H,6-9H2,1-5H3. The van der Waals surface area contributed by atoms with Crippen molar-refractivity contribution in [2.45, 2.75) is 45.8 Å². The SMILES string of the molecule is CCCC(C)(CO)C(S)C(C)(C)COC. The van der Waals surface area contributed by atoms with Gasteiger partial charge >= 0.3 is 0 Å². The van der Waals surface area contributed by atoms with E-state index < -0.39 is 0 Å². The van der Waals surface area contributed by atoms with Crippen LogP contribution in [0.3, 0.4) is 0 Å². The normalized spacial score (nSPS) is 18.6. The van der Waals surface area contributed by atoms with Gasteiger partial charge in [0.05, 0.1) is 6.61 Å². The largest absolute Gasteiger partial charge is 0.396 e. The average Bonchev–Trinajstić information content (AvgIpc) is 2.17. The third-order valence-corrected chi connectivity index (χ3v) is 4.42. The summed E-state index contributed by atoms with van der Waals surface area (Å²) in [4.78, 5) is 0. The lowest BCUT2D eigenvalue weighted by molar-refractivity contribution is 0.0400. The first-order chi connectivity index (χ1) is 6.84. The maximum Gasteiger partial charge on any atom is 0.0524 e. The minimum absolute atomic E-state index is 0.0233. The van der Waals surface area contributed by atoms with Gasteiger partial charge in [0.25, 0.3) is 0 Å². The molecule has 0 aromatic rings. The van der Waals surface area contributed by atoms with E-state index in [2.05, 4.69) is 27.7 Å². The number of thiol groups is 1. The predicted octanol–water partition coefficient (Wildman–Crippen LogP) is 2.76. The van der Waals surface area contributed by atoms with Gasteiger partial charge in [0.15, 0.2) is 0 Å². The zero-order chi connectivity index (χ0) is 12.1. The summed E-state index contributed by atoms with van der Waals surface area (Å²) in [6, 6.07) is 0. The van der Waals surface area contributed by atoms with Crippen LogP contribution in [0.1, 0.15) is 40.5 Å². The van der Waals surface area contributed by atoms with Gasteiger partial charge in [-0.05, 0) is 6.42 Å². The van der Waals surface area contributed by atoms with Crippen LogP contribution in [0.15, 0.2) is 0 Å². The second-order valence-electron chi connectivity index (χ2n) is 5.39. The van der Waals surface area contributed by atoms with E-state index in [4.69, 9.17) is 17.4 Å². The highest BCUT2D eigenvalue weighted by Gasteiger charge is 2.40. The number of hydrogen-bond acceptors (Lipinski definition) is 3. The van der Waals surface area contributed by atoms with Crippen LogP contribution in [0.25, 0.3) is 0 Å². The van der Waals surface area contributed by atoms with Gasteiger partial charge in [0.1, 0.15) is 0 Å². The number of hydrogen-bond donors (Lipinski definition) is 2. The molecule has 15 heavy (non-hydrogen) atoms. The van der Waals surface area contributed by atoms with Gasteiger partial charge in [-0.3, -0.25) is 0 Å². The van der Waals surface area contributed by atoms with Crippen LogP contribution in [0, 0.1) is 10.8 Å². The van der Waals surface area contributed by atoms with Crippen LogP contribution in [0.2, 0.25) is 0 Å². The van der Waals surface area contributed by atoms with Crippen LogP contribution in [0.5, 0.6) is 0 Å². The molecule has 2 atom stereocenters. The molecule has 2 nitrogen and oxygen atoms in total. The van der Waals surface area contributed by atoms with Gasteiger partial charge in [-0.15, -0.1) is 0 Å². The molecule has 0 aromatic heterocycles. The quantitative estimate of drug-likeness (QED) is 0.663. The Labute approximate surface area is 99.8 Å². The summed E-state index contributed by atoms with van der Waals surface area (Å²) < 4.78 is 5.22. The monoisotopic (exact) mass is 234 g/mol. The van der Waals surface area contributed by atoms with Crippen LogP contribution in [-0.4, -0.2) is 30.7 Å². The number of methoxy groups -OCH3 is 1. The predicted molar refractivity (Wildman–Crippen MR) is 68.5 cm³/mol. The summed E-state index contributed by atoms with van der Waals surface area (Å²) in [7, 11) is 1.71. The smallest absolute Gasteiger partial charge is 0.0524 e. The molecule has 0 rings (SSSR count). The molecule has 0 fully saturated rings. The van der Waals surface area contributed by atoms with E-state index in [-0.39, 0.29) is 22.7 Å². The molecule has 0 amide bonds. The Hall–Kier alpha value is 0.270. The number of aliphatic hydroxyl groups is 1. The van der Waals surface area contributed by atoms with Gasteiger partial charge in [-0.1, -0.05) is 34.1 Å². The molecule has 3 heteroatoms. The molecule has 92 valence electrons. The zero-order valence-electron chi connectivity index (χ0n) is 10.7. The molecule has 0 saturated carbocycles. The van der Waals surface area contributed by atoms with Crippen molar-refractivity contribution in [1.82, 2.24) is 0 Å². The molecule has 1 N–H and O–H groups in total. The molecule has 0 aliphatic rings.